The molecular weight excluding hydrogens is 570 g/mol. The lowest BCUT2D eigenvalue weighted by molar-refractivity contribution is -0.113. The summed E-state index contributed by atoms with van der Waals surface area (Å²) in [6.07, 6.45) is 0.822. The minimum atomic E-state index is -3.83. The van der Waals surface area contributed by atoms with Crippen LogP contribution in [0.5, 0.6) is 0 Å². The number of carbonyl (C=O) groups is 1. The first kappa shape index (κ1) is 26.2. The highest BCUT2D eigenvalue weighted by Crippen LogP contribution is 2.45. The molecule has 0 bridgehead atoms. The maximum Gasteiger partial charge on any atom is 0.240 e. The lowest BCUT2D eigenvalue weighted by Crippen LogP contribution is -2.29. The van der Waals surface area contributed by atoms with Crippen LogP contribution in [0.3, 0.4) is 0 Å². The summed E-state index contributed by atoms with van der Waals surface area (Å²) in [7, 11) is -3.83. The van der Waals surface area contributed by atoms with E-state index < -0.39 is 21.5 Å². The van der Waals surface area contributed by atoms with Crippen LogP contribution < -0.4 is 5.32 Å². The van der Waals surface area contributed by atoms with Crippen LogP contribution >= 0.6 is 34.3 Å². The first-order valence-corrected chi connectivity index (χ1v) is 16.1. The number of thiazole rings is 1. The number of para-hydroxylation sites is 1. The number of hydrogen-bond acceptors (Lipinski definition) is 7. The van der Waals surface area contributed by atoms with Crippen molar-refractivity contribution >= 4 is 65.2 Å². The van der Waals surface area contributed by atoms with Crippen LogP contribution in [0.1, 0.15) is 16.0 Å². The zero-order valence-electron chi connectivity index (χ0n) is 20.8. The summed E-state index contributed by atoms with van der Waals surface area (Å²) < 4.78 is 26.9. The molecule has 1 aliphatic heterocycles. The Morgan fingerprint density at radius 1 is 0.974 bits per heavy atom. The van der Waals surface area contributed by atoms with Crippen LogP contribution in [0.25, 0.3) is 20.8 Å². The number of aromatic nitrogens is 1. The molecule has 5 aromatic rings. The van der Waals surface area contributed by atoms with Gasteiger partial charge in [-0.2, -0.15) is 0 Å². The predicted molar refractivity (Wildman–Crippen MR) is 159 cm³/mol. The van der Waals surface area contributed by atoms with Crippen molar-refractivity contribution in [2.24, 2.45) is 0 Å². The van der Waals surface area contributed by atoms with Crippen molar-refractivity contribution in [3.8, 4) is 10.6 Å². The Kier molecular flexibility index (Phi) is 7.26. The highest BCUT2D eigenvalue weighted by Gasteiger charge is 2.29. The summed E-state index contributed by atoms with van der Waals surface area (Å²) >= 11 is 9.00. The molecule has 198 valence electrons. The molecule has 0 unspecified atom stereocenters. The summed E-state index contributed by atoms with van der Waals surface area (Å²) in [4.78, 5) is 21.6. The van der Waals surface area contributed by atoms with E-state index in [0.29, 0.717) is 10.0 Å². The monoisotopic (exact) mass is 593 g/mol. The van der Waals surface area contributed by atoms with Crippen molar-refractivity contribution < 1.29 is 13.2 Å². The lowest BCUT2D eigenvalue weighted by atomic mass is 10.0. The molecule has 0 fully saturated rings. The minimum absolute atomic E-state index is 0.0653. The van der Waals surface area contributed by atoms with E-state index in [1.54, 1.807) is 11.3 Å². The molecule has 1 aliphatic rings. The molecule has 3 heterocycles. The molecule has 2 aromatic heterocycles. The largest absolute Gasteiger partial charge is 0.316 e. The standard InChI is InChI=1S/C29H24ClN3O3S3/c30-20-10-12-21(13-11-20)39(35,36)18-26(34)32-29-27(28-31-23-8-4-5-9-24(23)37-28)22-14-15-33(17-25(22)38-29)16-19-6-2-1-3-7-19/h1-13H,14-18H2,(H,32,34). The fourth-order valence-corrected chi connectivity index (χ4v) is 8.46. The van der Waals surface area contributed by atoms with Crippen LogP contribution in [0.4, 0.5) is 5.00 Å². The van der Waals surface area contributed by atoms with Gasteiger partial charge in [0.05, 0.1) is 15.1 Å². The van der Waals surface area contributed by atoms with Crippen molar-refractivity contribution in [1.82, 2.24) is 9.88 Å². The molecule has 1 amide bonds. The smallest absolute Gasteiger partial charge is 0.240 e. The van der Waals surface area contributed by atoms with Crippen LogP contribution in [0, 0.1) is 0 Å². The third-order valence-electron chi connectivity index (χ3n) is 6.64. The number of thiophene rings is 1. The Bertz CT molecular complexity index is 1730. The third-order valence-corrected chi connectivity index (χ3v) is 10.7. The quantitative estimate of drug-likeness (QED) is 0.229. The van der Waals surface area contributed by atoms with E-state index >= 15 is 0 Å². The van der Waals surface area contributed by atoms with E-state index in [1.165, 1.54) is 51.6 Å². The fraction of sp³-hybridized carbons (Fsp3) is 0.172. The first-order valence-electron chi connectivity index (χ1n) is 12.4. The van der Waals surface area contributed by atoms with Gasteiger partial charge < -0.3 is 5.32 Å². The van der Waals surface area contributed by atoms with Gasteiger partial charge in [0.1, 0.15) is 15.8 Å². The highest BCUT2D eigenvalue weighted by molar-refractivity contribution is 7.92. The van der Waals surface area contributed by atoms with Gasteiger partial charge in [0.2, 0.25) is 5.91 Å². The molecule has 6 rings (SSSR count). The first-order chi connectivity index (χ1) is 18.9. The van der Waals surface area contributed by atoms with Gasteiger partial charge in [0, 0.05) is 35.1 Å². The Hall–Kier alpha value is -3.08. The molecule has 10 heteroatoms. The summed E-state index contributed by atoms with van der Waals surface area (Å²) in [5.41, 5.74) is 4.25. The lowest BCUT2D eigenvalue weighted by Gasteiger charge is -2.27. The van der Waals surface area contributed by atoms with E-state index in [9.17, 15) is 13.2 Å². The van der Waals surface area contributed by atoms with Gasteiger partial charge >= 0.3 is 0 Å². The number of benzene rings is 3. The second-order valence-electron chi connectivity index (χ2n) is 9.40. The van der Waals surface area contributed by atoms with E-state index in [2.05, 4.69) is 22.3 Å². The number of nitrogens with one attached hydrogen (secondary N) is 1. The number of nitrogens with zero attached hydrogens (tertiary/aromatic N) is 2. The van der Waals surface area contributed by atoms with E-state index in [1.807, 2.05) is 42.5 Å². The average molecular weight is 594 g/mol. The van der Waals surface area contributed by atoms with Crippen molar-refractivity contribution in [1.29, 1.82) is 0 Å². The van der Waals surface area contributed by atoms with Crippen molar-refractivity contribution in [3.63, 3.8) is 0 Å². The molecule has 6 nitrogen and oxygen atoms in total. The maximum absolute atomic E-state index is 13.1. The summed E-state index contributed by atoms with van der Waals surface area (Å²) in [5, 5.41) is 4.85. The Labute approximate surface area is 239 Å². The molecule has 1 N–H and O–H groups in total. The van der Waals surface area contributed by atoms with Crippen LogP contribution in [0.2, 0.25) is 5.02 Å². The third kappa shape index (κ3) is 5.64. The molecule has 3 aromatic carbocycles. The normalized spacial score (nSPS) is 13.9. The number of carbonyl (C=O) groups excluding carboxylic acids is 1. The summed E-state index contributed by atoms with van der Waals surface area (Å²) in [5.74, 6) is -1.23. The predicted octanol–water partition coefficient (Wildman–Crippen LogP) is 6.65. The maximum atomic E-state index is 13.1. The Balaban J connectivity index is 1.31. The van der Waals surface area contributed by atoms with Gasteiger partial charge in [-0.15, -0.1) is 22.7 Å². The van der Waals surface area contributed by atoms with E-state index in [0.717, 1.165) is 46.8 Å². The highest BCUT2D eigenvalue weighted by atomic mass is 35.5. The topological polar surface area (TPSA) is 79.4 Å². The molecule has 39 heavy (non-hydrogen) atoms. The number of hydrogen-bond donors (Lipinski definition) is 1. The van der Waals surface area contributed by atoms with Gasteiger partial charge in [-0.1, -0.05) is 54.1 Å². The minimum Gasteiger partial charge on any atom is -0.316 e. The van der Waals surface area contributed by atoms with Gasteiger partial charge in [0.25, 0.3) is 0 Å². The summed E-state index contributed by atoms with van der Waals surface area (Å²) in [6.45, 7) is 2.48. The average Bonchev–Trinajstić information content (AvgIpc) is 3.49. The van der Waals surface area contributed by atoms with Crippen LogP contribution in [0.15, 0.2) is 83.8 Å². The zero-order valence-corrected chi connectivity index (χ0v) is 24.0. The van der Waals surface area contributed by atoms with Crippen LogP contribution in [-0.4, -0.2) is 36.5 Å². The fourth-order valence-electron chi connectivity index (χ4n) is 4.79. The van der Waals surface area contributed by atoms with E-state index in [4.69, 9.17) is 16.6 Å². The molecule has 0 spiro atoms. The van der Waals surface area contributed by atoms with Crippen molar-refractivity contribution in [2.75, 3.05) is 17.6 Å². The Morgan fingerprint density at radius 3 is 2.49 bits per heavy atom. The van der Waals surface area contributed by atoms with Gasteiger partial charge in [-0.3, -0.25) is 9.69 Å². The molecule has 0 aliphatic carbocycles. The van der Waals surface area contributed by atoms with Gasteiger partial charge in [-0.25, -0.2) is 13.4 Å². The van der Waals surface area contributed by atoms with Gasteiger partial charge in [-0.05, 0) is 53.9 Å². The second-order valence-corrected chi connectivity index (χ2v) is 14.0. The zero-order chi connectivity index (χ0) is 27.0. The summed E-state index contributed by atoms with van der Waals surface area (Å²) in [6, 6.07) is 24.2. The molecule has 0 saturated carbocycles. The number of halogens is 1. The number of amides is 1. The van der Waals surface area contributed by atoms with Gasteiger partial charge in [0.15, 0.2) is 9.84 Å². The Morgan fingerprint density at radius 2 is 1.72 bits per heavy atom. The van der Waals surface area contributed by atoms with Crippen LogP contribution in [-0.2, 0) is 34.1 Å². The molecule has 0 saturated heterocycles. The van der Waals surface area contributed by atoms with Crippen molar-refractivity contribution in [2.45, 2.75) is 24.4 Å². The number of fused-ring (bicyclic) bond motifs is 2. The molecular formula is C29H24ClN3O3S3. The van der Waals surface area contributed by atoms with E-state index in [-0.39, 0.29) is 4.90 Å². The number of anilines is 1. The molecule has 0 atom stereocenters. The number of rotatable bonds is 7. The second kappa shape index (κ2) is 10.8. The number of sulfone groups is 1. The SMILES string of the molecule is O=C(CS(=O)(=O)c1ccc(Cl)cc1)Nc1sc2c(c1-c1nc3ccccc3s1)CCN(Cc1ccccc1)C2. The van der Waals surface area contributed by atoms with Crippen molar-refractivity contribution in [3.05, 3.63) is 99.9 Å². The molecule has 0 radical (unpaired) electrons.